The molecule has 1 aliphatic carbocycles. The first-order valence-corrected chi connectivity index (χ1v) is 5.28. The molecule has 0 bridgehead atoms. The fourth-order valence-corrected chi connectivity index (χ4v) is 1.30. The molecule has 0 aromatic heterocycles. The van der Waals surface area contributed by atoms with Crippen LogP contribution in [-0.2, 0) is 4.79 Å². The standard InChI is InChI=1S/C12H15NO2/c1-9(12(14)13-10-7-8-10)15-11-5-3-2-4-6-11/h2-6,9-10H,7-8H2,1H3,(H,13,14)/t9-/m0/s1. The lowest BCUT2D eigenvalue weighted by Crippen LogP contribution is -2.37. The van der Waals surface area contributed by atoms with E-state index in [0.29, 0.717) is 6.04 Å². The second-order valence-corrected chi connectivity index (χ2v) is 3.86. The maximum absolute atomic E-state index is 11.6. The van der Waals surface area contributed by atoms with Crippen LogP contribution in [0, 0.1) is 0 Å². The summed E-state index contributed by atoms with van der Waals surface area (Å²) < 4.78 is 5.49. The number of amides is 1. The van der Waals surface area contributed by atoms with Crippen LogP contribution in [0.3, 0.4) is 0 Å². The van der Waals surface area contributed by atoms with E-state index in [1.54, 1.807) is 6.92 Å². The molecule has 1 atom stereocenters. The molecule has 0 spiro atoms. The second-order valence-electron chi connectivity index (χ2n) is 3.86. The molecule has 0 unspecified atom stereocenters. The average Bonchev–Trinajstić information content (AvgIpc) is 3.03. The molecule has 0 saturated heterocycles. The van der Waals surface area contributed by atoms with E-state index < -0.39 is 6.10 Å². The Hall–Kier alpha value is -1.51. The molecule has 3 nitrogen and oxygen atoms in total. The SMILES string of the molecule is C[C@H](Oc1ccccc1)C(=O)NC1CC1. The number of para-hydroxylation sites is 1. The van der Waals surface area contributed by atoms with Gasteiger partial charge in [-0.3, -0.25) is 4.79 Å². The van der Waals surface area contributed by atoms with Gasteiger partial charge < -0.3 is 10.1 Å². The summed E-state index contributed by atoms with van der Waals surface area (Å²) in [6, 6.07) is 9.78. The third-order valence-corrected chi connectivity index (χ3v) is 2.35. The Morgan fingerprint density at radius 2 is 2.07 bits per heavy atom. The predicted molar refractivity (Wildman–Crippen MR) is 57.7 cm³/mol. The second kappa shape index (κ2) is 4.34. The molecular weight excluding hydrogens is 190 g/mol. The highest BCUT2D eigenvalue weighted by Crippen LogP contribution is 2.19. The first-order chi connectivity index (χ1) is 7.25. The minimum absolute atomic E-state index is 0.0265. The van der Waals surface area contributed by atoms with Gasteiger partial charge in [0.15, 0.2) is 6.10 Å². The van der Waals surface area contributed by atoms with Crippen LogP contribution >= 0.6 is 0 Å². The maximum Gasteiger partial charge on any atom is 0.260 e. The lowest BCUT2D eigenvalue weighted by molar-refractivity contribution is -0.127. The Morgan fingerprint density at radius 3 is 2.67 bits per heavy atom. The molecule has 3 heteroatoms. The quantitative estimate of drug-likeness (QED) is 0.813. The Balaban J connectivity index is 1.85. The topological polar surface area (TPSA) is 38.3 Å². The van der Waals surface area contributed by atoms with E-state index in [9.17, 15) is 4.79 Å². The van der Waals surface area contributed by atoms with Gasteiger partial charge in [-0.25, -0.2) is 0 Å². The maximum atomic E-state index is 11.6. The summed E-state index contributed by atoms with van der Waals surface area (Å²) in [4.78, 5) is 11.6. The number of carbonyl (C=O) groups excluding carboxylic acids is 1. The lowest BCUT2D eigenvalue weighted by atomic mass is 10.3. The minimum Gasteiger partial charge on any atom is -0.481 e. The number of nitrogens with one attached hydrogen (secondary N) is 1. The van der Waals surface area contributed by atoms with Gasteiger partial charge in [-0.2, -0.15) is 0 Å². The van der Waals surface area contributed by atoms with Gasteiger partial charge >= 0.3 is 0 Å². The smallest absolute Gasteiger partial charge is 0.260 e. The minimum atomic E-state index is -0.423. The van der Waals surface area contributed by atoms with Gasteiger partial charge in [-0.15, -0.1) is 0 Å². The van der Waals surface area contributed by atoms with Crippen molar-refractivity contribution in [1.82, 2.24) is 5.32 Å². The molecule has 0 aliphatic heterocycles. The molecule has 2 rings (SSSR count). The highest BCUT2D eigenvalue weighted by atomic mass is 16.5. The number of ether oxygens (including phenoxy) is 1. The molecule has 80 valence electrons. The van der Waals surface area contributed by atoms with E-state index >= 15 is 0 Å². The summed E-state index contributed by atoms with van der Waals surface area (Å²) in [5.74, 6) is 0.706. The first kappa shape index (κ1) is 10.0. The largest absolute Gasteiger partial charge is 0.481 e. The van der Waals surface area contributed by atoms with Crippen molar-refractivity contribution in [2.24, 2.45) is 0 Å². The van der Waals surface area contributed by atoms with Gasteiger partial charge in [0.2, 0.25) is 0 Å². The fraction of sp³-hybridized carbons (Fsp3) is 0.417. The van der Waals surface area contributed by atoms with E-state index in [1.165, 1.54) is 0 Å². The average molecular weight is 205 g/mol. The van der Waals surface area contributed by atoms with Crippen LogP contribution in [0.1, 0.15) is 19.8 Å². The molecule has 1 fully saturated rings. The fourth-order valence-electron chi connectivity index (χ4n) is 1.30. The van der Waals surface area contributed by atoms with Crippen molar-refractivity contribution >= 4 is 5.91 Å². The van der Waals surface area contributed by atoms with E-state index in [2.05, 4.69) is 5.32 Å². The molecule has 1 N–H and O–H groups in total. The molecular formula is C12H15NO2. The van der Waals surface area contributed by atoms with Gasteiger partial charge in [0, 0.05) is 6.04 Å². The lowest BCUT2D eigenvalue weighted by Gasteiger charge is -2.14. The molecule has 1 aliphatic rings. The zero-order valence-corrected chi connectivity index (χ0v) is 8.77. The summed E-state index contributed by atoms with van der Waals surface area (Å²) in [6.45, 7) is 1.77. The number of hydrogen-bond donors (Lipinski definition) is 1. The van der Waals surface area contributed by atoms with Crippen LogP contribution in [0.15, 0.2) is 30.3 Å². The molecule has 1 amide bonds. The third-order valence-electron chi connectivity index (χ3n) is 2.35. The van der Waals surface area contributed by atoms with Gasteiger partial charge in [0.05, 0.1) is 0 Å². The van der Waals surface area contributed by atoms with Crippen molar-refractivity contribution in [2.75, 3.05) is 0 Å². The van der Waals surface area contributed by atoms with Crippen LogP contribution in [0.2, 0.25) is 0 Å². The summed E-state index contributed by atoms with van der Waals surface area (Å²) in [5, 5.41) is 2.91. The first-order valence-electron chi connectivity index (χ1n) is 5.28. The Labute approximate surface area is 89.4 Å². The van der Waals surface area contributed by atoms with Crippen LogP contribution in [0.4, 0.5) is 0 Å². The van der Waals surface area contributed by atoms with Crippen molar-refractivity contribution in [3.05, 3.63) is 30.3 Å². The van der Waals surface area contributed by atoms with Crippen molar-refractivity contribution in [1.29, 1.82) is 0 Å². The van der Waals surface area contributed by atoms with Gasteiger partial charge in [-0.1, -0.05) is 18.2 Å². The molecule has 0 heterocycles. The number of rotatable bonds is 4. The Bertz CT molecular complexity index is 333. The zero-order chi connectivity index (χ0) is 10.7. The van der Waals surface area contributed by atoms with Crippen LogP contribution < -0.4 is 10.1 Å². The van der Waals surface area contributed by atoms with Gasteiger partial charge in [0.25, 0.3) is 5.91 Å². The van der Waals surface area contributed by atoms with E-state index in [0.717, 1.165) is 18.6 Å². The monoisotopic (exact) mass is 205 g/mol. The predicted octanol–water partition coefficient (Wildman–Crippen LogP) is 1.73. The van der Waals surface area contributed by atoms with Gasteiger partial charge in [0.1, 0.15) is 5.75 Å². The van der Waals surface area contributed by atoms with Crippen LogP contribution in [0.25, 0.3) is 0 Å². The van der Waals surface area contributed by atoms with Crippen molar-refractivity contribution in [3.63, 3.8) is 0 Å². The van der Waals surface area contributed by atoms with Crippen LogP contribution in [0.5, 0.6) is 5.75 Å². The Kier molecular flexibility index (Phi) is 2.90. The van der Waals surface area contributed by atoms with E-state index in [4.69, 9.17) is 4.74 Å². The number of carbonyl (C=O) groups is 1. The van der Waals surface area contributed by atoms with Crippen LogP contribution in [-0.4, -0.2) is 18.1 Å². The highest BCUT2D eigenvalue weighted by Gasteiger charge is 2.26. The Morgan fingerprint density at radius 1 is 1.40 bits per heavy atom. The van der Waals surface area contributed by atoms with E-state index in [1.807, 2.05) is 30.3 Å². The van der Waals surface area contributed by atoms with Gasteiger partial charge in [-0.05, 0) is 31.9 Å². The zero-order valence-electron chi connectivity index (χ0n) is 8.77. The molecule has 1 aromatic rings. The molecule has 1 aromatic carbocycles. The number of hydrogen-bond acceptors (Lipinski definition) is 2. The molecule has 15 heavy (non-hydrogen) atoms. The van der Waals surface area contributed by atoms with E-state index in [-0.39, 0.29) is 5.91 Å². The number of benzene rings is 1. The summed E-state index contributed by atoms with van der Waals surface area (Å²) >= 11 is 0. The summed E-state index contributed by atoms with van der Waals surface area (Å²) in [5.41, 5.74) is 0. The molecule has 0 radical (unpaired) electrons. The molecule has 1 saturated carbocycles. The van der Waals surface area contributed by atoms with Crippen molar-refractivity contribution < 1.29 is 9.53 Å². The summed E-state index contributed by atoms with van der Waals surface area (Å²) in [6.07, 6.45) is 1.78. The van der Waals surface area contributed by atoms with Crippen molar-refractivity contribution in [2.45, 2.75) is 31.9 Å². The highest BCUT2D eigenvalue weighted by molar-refractivity contribution is 5.81. The third kappa shape index (κ3) is 2.98. The normalized spacial score (nSPS) is 16.9. The van der Waals surface area contributed by atoms with Crippen molar-refractivity contribution in [3.8, 4) is 5.75 Å². The summed E-state index contributed by atoms with van der Waals surface area (Å²) in [7, 11) is 0.